The molecule has 0 radical (unpaired) electrons. The molecule has 4 N–H and O–H groups in total. The van der Waals surface area contributed by atoms with Crippen molar-refractivity contribution in [3.63, 3.8) is 0 Å². The van der Waals surface area contributed by atoms with Crippen molar-refractivity contribution in [2.75, 3.05) is 5.73 Å². The third-order valence-electron chi connectivity index (χ3n) is 2.53. The Morgan fingerprint density at radius 1 is 1.22 bits per heavy atom. The lowest BCUT2D eigenvalue weighted by Gasteiger charge is -2.10. The third kappa shape index (κ3) is 1.89. The van der Waals surface area contributed by atoms with E-state index < -0.39 is 26.7 Å². The molecule has 0 aliphatic rings. The van der Waals surface area contributed by atoms with Gasteiger partial charge in [-0.3, -0.25) is 4.55 Å². The molecule has 0 saturated heterocycles. The standard InChI is InChI=1S/C11H9NO5S/c12-9-8(11(13)14)5-6-3-1-2-4-7(6)10(9)18(15,16)17/h1-5H,12H2,(H,13,14)(H,15,16,17). The van der Waals surface area contributed by atoms with E-state index in [4.69, 9.17) is 10.8 Å². The Morgan fingerprint density at radius 2 is 1.83 bits per heavy atom. The van der Waals surface area contributed by atoms with Crippen molar-refractivity contribution >= 4 is 32.5 Å². The van der Waals surface area contributed by atoms with E-state index in [1.165, 1.54) is 18.2 Å². The maximum absolute atomic E-state index is 11.3. The summed E-state index contributed by atoms with van der Waals surface area (Å²) in [5.41, 5.74) is 4.69. The van der Waals surface area contributed by atoms with Crippen LogP contribution >= 0.6 is 0 Å². The number of carboxylic acid groups (broad SMARTS) is 1. The summed E-state index contributed by atoms with van der Waals surface area (Å²) in [4.78, 5) is 10.4. The minimum Gasteiger partial charge on any atom is -0.478 e. The lowest BCUT2D eigenvalue weighted by molar-refractivity contribution is 0.0698. The molecule has 0 fully saturated rings. The summed E-state index contributed by atoms with van der Waals surface area (Å²) >= 11 is 0. The number of aromatic carboxylic acids is 1. The molecular formula is C11H9NO5S. The Labute approximate surface area is 102 Å². The highest BCUT2D eigenvalue weighted by Crippen LogP contribution is 2.31. The van der Waals surface area contributed by atoms with Gasteiger partial charge < -0.3 is 10.8 Å². The zero-order chi connectivity index (χ0) is 13.5. The van der Waals surface area contributed by atoms with Crippen molar-refractivity contribution in [3.05, 3.63) is 35.9 Å². The van der Waals surface area contributed by atoms with Gasteiger partial charge in [-0.1, -0.05) is 24.3 Å². The van der Waals surface area contributed by atoms with Crippen molar-refractivity contribution in [1.82, 2.24) is 0 Å². The maximum atomic E-state index is 11.3. The van der Waals surface area contributed by atoms with Gasteiger partial charge in [0, 0.05) is 5.39 Å². The Bertz CT molecular complexity index is 751. The van der Waals surface area contributed by atoms with Crippen molar-refractivity contribution in [2.45, 2.75) is 4.90 Å². The van der Waals surface area contributed by atoms with Crippen LogP contribution < -0.4 is 5.73 Å². The smallest absolute Gasteiger partial charge is 0.337 e. The van der Waals surface area contributed by atoms with Crippen LogP contribution in [0.15, 0.2) is 35.2 Å². The third-order valence-corrected chi connectivity index (χ3v) is 3.48. The zero-order valence-electron chi connectivity index (χ0n) is 8.99. The van der Waals surface area contributed by atoms with Crippen LogP contribution in [0, 0.1) is 0 Å². The predicted octanol–water partition coefficient (Wildman–Crippen LogP) is 1.37. The number of fused-ring (bicyclic) bond motifs is 1. The fourth-order valence-corrected chi connectivity index (χ4v) is 2.64. The van der Waals surface area contributed by atoms with E-state index in [1.807, 2.05) is 0 Å². The number of rotatable bonds is 2. The Hall–Kier alpha value is -2.12. The van der Waals surface area contributed by atoms with E-state index in [1.54, 1.807) is 12.1 Å². The molecule has 0 saturated carbocycles. The van der Waals surface area contributed by atoms with Gasteiger partial charge in [-0.05, 0) is 11.5 Å². The molecular weight excluding hydrogens is 258 g/mol. The van der Waals surface area contributed by atoms with E-state index in [9.17, 15) is 17.8 Å². The first-order valence-corrected chi connectivity index (χ1v) is 6.28. The molecule has 6 nitrogen and oxygen atoms in total. The van der Waals surface area contributed by atoms with Crippen molar-refractivity contribution in [3.8, 4) is 0 Å². The van der Waals surface area contributed by atoms with Crippen LogP contribution in [0.1, 0.15) is 10.4 Å². The van der Waals surface area contributed by atoms with Crippen molar-refractivity contribution in [1.29, 1.82) is 0 Å². The van der Waals surface area contributed by atoms with Gasteiger partial charge in [0.15, 0.2) is 0 Å². The number of hydrogen-bond donors (Lipinski definition) is 3. The Kier molecular flexibility index (Phi) is 2.72. The second-order valence-corrected chi connectivity index (χ2v) is 5.03. The van der Waals surface area contributed by atoms with E-state index in [0.717, 1.165) is 0 Å². The first-order valence-electron chi connectivity index (χ1n) is 4.84. The summed E-state index contributed by atoms with van der Waals surface area (Å²) in [5, 5.41) is 9.51. The summed E-state index contributed by atoms with van der Waals surface area (Å²) < 4.78 is 31.8. The summed E-state index contributed by atoms with van der Waals surface area (Å²) in [7, 11) is -4.60. The maximum Gasteiger partial charge on any atom is 0.337 e. The number of nitrogens with two attached hydrogens (primary N) is 1. The number of benzene rings is 2. The monoisotopic (exact) mass is 267 g/mol. The SMILES string of the molecule is Nc1c(C(=O)O)cc2ccccc2c1S(=O)(=O)O. The molecule has 2 rings (SSSR count). The number of nitrogen functional groups attached to an aromatic ring is 1. The van der Waals surface area contributed by atoms with Gasteiger partial charge in [0.05, 0.1) is 11.3 Å². The van der Waals surface area contributed by atoms with E-state index in [-0.39, 0.29) is 10.9 Å². The zero-order valence-corrected chi connectivity index (χ0v) is 9.81. The van der Waals surface area contributed by atoms with E-state index in [2.05, 4.69) is 0 Å². The van der Waals surface area contributed by atoms with Gasteiger partial charge in [-0.15, -0.1) is 0 Å². The minimum atomic E-state index is -4.60. The van der Waals surface area contributed by atoms with Crippen LogP contribution in [0.4, 0.5) is 5.69 Å². The van der Waals surface area contributed by atoms with Crippen LogP contribution in [-0.4, -0.2) is 24.0 Å². The topological polar surface area (TPSA) is 118 Å². The number of hydrogen-bond acceptors (Lipinski definition) is 4. The molecule has 0 bridgehead atoms. The fourth-order valence-electron chi connectivity index (χ4n) is 1.79. The molecule has 0 aromatic heterocycles. The van der Waals surface area contributed by atoms with Crippen LogP contribution in [0.2, 0.25) is 0 Å². The van der Waals surface area contributed by atoms with Gasteiger partial charge in [0.25, 0.3) is 10.1 Å². The van der Waals surface area contributed by atoms with Crippen LogP contribution in [-0.2, 0) is 10.1 Å². The predicted molar refractivity (Wildman–Crippen MR) is 65.1 cm³/mol. The van der Waals surface area contributed by atoms with E-state index >= 15 is 0 Å². The van der Waals surface area contributed by atoms with Gasteiger partial charge in [0.1, 0.15) is 4.90 Å². The molecule has 0 unspecified atom stereocenters. The molecule has 7 heteroatoms. The average Bonchev–Trinajstić information content (AvgIpc) is 2.25. The van der Waals surface area contributed by atoms with Crippen molar-refractivity contribution in [2.24, 2.45) is 0 Å². The van der Waals surface area contributed by atoms with Crippen molar-refractivity contribution < 1.29 is 22.9 Å². The fraction of sp³-hybridized carbons (Fsp3) is 0. The molecule has 0 spiro atoms. The second-order valence-electron chi connectivity index (χ2n) is 3.67. The Balaban J connectivity index is 3.05. The quantitative estimate of drug-likeness (QED) is 0.558. The number of anilines is 1. The molecule has 18 heavy (non-hydrogen) atoms. The molecule has 94 valence electrons. The Morgan fingerprint density at radius 3 is 2.39 bits per heavy atom. The normalized spacial score (nSPS) is 11.6. The van der Waals surface area contributed by atoms with Crippen LogP contribution in [0.5, 0.6) is 0 Å². The van der Waals surface area contributed by atoms with Gasteiger partial charge >= 0.3 is 5.97 Å². The minimum absolute atomic E-state index is 0.183. The van der Waals surface area contributed by atoms with Crippen LogP contribution in [0.25, 0.3) is 10.8 Å². The first kappa shape index (κ1) is 12.3. The molecule has 0 amide bonds. The van der Waals surface area contributed by atoms with Crippen LogP contribution in [0.3, 0.4) is 0 Å². The lowest BCUT2D eigenvalue weighted by Crippen LogP contribution is -2.10. The highest BCUT2D eigenvalue weighted by molar-refractivity contribution is 7.86. The van der Waals surface area contributed by atoms with Gasteiger partial charge in [-0.25, -0.2) is 4.79 Å². The summed E-state index contributed by atoms with van der Waals surface area (Å²) in [6.45, 7) is 0. The largest absolute Gasteiger partial charge is 0.478 e. The molecule has 0 aliphatic heterocycles. The summed E-state index contributed by atoms with van der Waals surface area (Å²) in [6, 6.07) is 7.44. The average molecular weight is 267 g/mol. The highest BCUT2D eigenvalue weighted by atomic mass is 32.2. The van der Waals surface area contributed by atoms with Gasteiger partial charge in [0.2, 0.25) is 0 Å². The lowest BCUT2D eigenvalue weighted by atomic mass is 10.1. The molecule has 2 aromatic rings. The number of carboxylic acids is 1. The molecule has 0 heterocycles. The van der Waals surface area contributed by atoms with E-state index in [0.29, 0.717) is 5.39 Å². The van der Waals surface area contributed by atoms with Gasteiger partial charge in [-0.2, -0.15) is 8.42 Å². The summed E-state index contributed by atoms with van der Waals surface area (Å²) in [5.74, 6) is -1.36. The first-order chi connectivity index (χ1) is 8.32. The second kappa shape index (κ2) is 3.97. The number of carbonyl (C=O) groups is 1. The summed E-state index contributed by atoms with van der Waals surface area (Å²) in [6.07, 6.45) is 0. The molecule has 2 aromatic carbocycles. The molecule has 0 aliphatic carbocycles. The molecule has 0 atom stereocenters. The highest BCUT2D eigenvalue weighted by Gasteiger charge is 2.23.